The highest BCUT2D eigenvalue weighted by Crippen LogP contribution is 2.40. The van der Waals surface area contributed by atoms with Crippen molar-refractivity contribution < 1.29 is 4.79 Å². The fraction of sp³-hybridized carbons (Fsp3) is 0.650. The topological polar surface area (TPSA) is 70.1 Å². The number of amides is 1. The number of carbonyl (C=O) groups is 1. The van der Waals surface area contributed by atoms with Gasteiger partial charge in [0.2, 0.25) is 5.91 Å². The van der Waals surface area contributed by atoms with E-state index in [1.165, 1.54) is 24.1 Å². The maximum Gasteiger partial charge on any atom is 0.222 e. The summed E-state index contributed by atoms with van der Waals surface area (Å²) in [7, 11) is 2.00. The Labute approximate surface area is 160 Å². The molecule has 2 aliphatic heterocycles. The third-order valence-electron chi connectivity index (χ3n) is 6.60. The zero-order chi connectivity index (χ0) is 18.9. The molecule has 2 saturated heterocycles. The van der Waals surface area contributed by atoms with Crippen molar-refractivity contribution in [1.82, 2.24) is 29.5 Å². The molecule has 0 atom stereocenters. The molecule has 2 aromatic heterocycles. The molecule has 1 amide bonds. The van der Waals surface area contributed by atoms with E-state index >= 15 is 0 Å². The molecule has 27 heavy (non-hydrogen) atoms. The summed E-state index contributed by atoms with van der Waals surface area (Å²) >= 11 is 0. The zero-order valence-electron chi connectivity index (χ0n) is 16.4. The molecule has 1 N–H and O–H groups in total. The molecule has 1 spiro atoms. The largest absolute Gasteiger partial charge is 0.348 e. The van der Waals surface area contributed by atoms with Crippen LogP contribution in [0.25, 0.3) is 0 Å². The van der Waals surface area contributed by atoms with Gasteiger partial charge >= 0.3 is 0 Å². The molecule has 7 nitrogen and oxygen atoms in total. The molecule has 146 valence electrons. The minimum absolute atomic E-state index is 0.308. The van der Waals surface area contributed by atoms with Crippen molar-refractivity contribution in [2.24, 2.45) is 12.5 Å². The Morgan fingerprint density at radius 2 is 2.04 bits per heavy atom. The number of nitrogens with zero attached hydrogens (tertiary/aromatic N) is 5. The Bertz CT molecular complexity index is 773. The Balaban J connectivity index is 1.32. The molecule has 4 rings (SSSR count). The second-order valence-corrected chi connectivity index (χ2v) is 8.30. The van der Waals surface area contributed by atoms with Gasteiger partial charge < -0.3 is 9.88 Å². The molecule has 2 fully saturated rings. The number of carbonyl (C=O) groups excluding carboxylic acids is 1. The van der Waals surface area contributed by atoms with Gasteiger partial charge in [0.1, 0.15) is 0 Å². The van der Waals surface area contributed by atoms with Crippen LogP contribution < -0.4 is 0 Å². The van der Waals surface area contributed by atoms with Crippen molar-refractivity contribution in [1.29, 1.82) is 0 Å². The van der Waals surface area contributed by atoms with Crippen LogP contribution in [0, 0.1) is 12.3 Å². The molecule has 0 aliphatic carbocycles. The summed E-state index contributed by atoms with van der Waals surface area (Å²) < 4.78 is 1.95. The van der Waals surface area contributed by atoms with Crippen LogP contribution in [0.15, 0.2) is 18.7 Å². The number of aryl methyl sites for hydroxylation is 1. The Kier molecular flexibility index (Phi) is 5.04. The first-order valence-electron chi connectivity index (χ1n) is 10.00. The van der Waals surface area contributed by atoms with Crippen molar-refractivity contribution in [2.45, 2.75) is 45.6 Å². The number of piperidine rings is 2. The zero-order valence-corrected chi connectivity index (χ0v) is 16.4. The third kappa shape index (κ3) is 3.93. The van der Waals surface area contributed by atoms with Crippen molar-refractivity contribution in [3.8, 4) is 0 Å². The molecule has 2 aliphatic rings. The van der Waals surface area contributed by atoms with Crippen molar-refractivity contribution >= 4 is 5.91 Å². The maximum atomic E-state index is 12.4. The van der Waals surface area contributed by atoms with Crippen molar-refractivity contribution in [2.75, 3.05) is 26.2 Å². The molecule has 7 heteroatoms. The van der Waals surface area contributed by atoms with Gasteiger partial charge in [-0.25, -0.2) is 4.98 Å². The quantitative estimate of drug-likeness (QED) is 0.873. The van der Waals surface area contributed by atoms with Crippen LogP contribution in [0.2, 0.25) is 0 Å². The van der Waals surface area contributed by atoms with Gasteiger partial charge in [-0.2, -0.15) is 5.10 Å². The summed E-state index contributed by atoms with van der Waals surface area (Å²) in [5.74, 6) is 0.313. The van der Waals surface area contributed by atoms with Crippen LogP contribution in [-0.2, 0) is 24.8 Å². The fourth-order valence-corrected chi connectivity index (χ4v) is 4.52. The number of aromatic nitrogens is 4. The summed E-state index contributed by atoms with van der Waals surface area (Å²) in [6.07, 6.45) is 10.5. The first kappa shape index (κ1) is 18.2. The van der Waals surface area contributed by atoms with Gasteiger partial charge in [0.05, 0.1) is 12.5 Å². The summed E-state index contributed by atoms with van der Waals surface area (Å²) in [5, 5.41) is 4.36. The Hall–Kier alpha value is -2.15. The van der Waals surface area contributed by atoms with Crippen LogP contribution >= 0.6 is 0 Å². The van der Waals surface area contributed by atoms with Gasteiger partial charge in [-0.3, -0.25) is 14.4 Å². The van der Waals surface area contributed by atoms with E-state index in [-0.39, 0.29) is 0 Å². The normalized spacial score (nSPS) is 20.5. The highest BCUT2D eigenvalue weighted by Gasteiger charge is 2.40. The third-order valence-corrected chi connectivity index (χ3v) is 6.60. The lowest BCUT2D eigenvalue weighted by atomic mass is 9.72. The molecule has 4 heterocycles. The van der Waals surface area contributed by atoms with Crippen LogP contribution in [0.1, 0.15) is 42.6 Å². The van der Waals surface area contributed by atoms with E-state index in [0.29, 0.717) is 17.7 Å². The predicted molar refractivity (Wildman–Crippen MR) is 103 cm³/mol. The van der Waals surface area contributed by atoms with Crippen molar-refractivity contribution in [3.05, 3.63) is 35.7 Å². The predicted octanol–water partition coefficient (Wildman–Crippen LogP) is 1.90. The molecule has 0 radical (unpaired) electrons. The minimum atomic E-state index is 0.308. The molecule has 0 bridgehead atoms. The summed E-state index contributed by atoms with van der Waals surface area (Å²) in [4.78, 5) is 24.2. The molecule has 2 aromatic rings. The highest BCUT2D eigenvalue weighted by molar-refractivity contribution is 5.77. The van der Waals surface area contributed by atoms with Gasteiger partial charge in [0, 0.05) is 62.7 Å². The van der Waals surface area contributed by atoms with Gasteiger partial charge in [0.15, 0.2) is 0 Å². The standard InChI is InChI=1S/C20H30N6O/c1-16-17(11-23-24(16)2)13-25-9-6-20(7-10-25)5-3-19(27)26(14-20)8-4-18-12-21-15-22-18/h11-12,15H,3-10,13-14H2,1-2H3,(H,21,22). The summed E-state index contributed by atoms with van der Waals surface area (Å²) in [6, 6.07) is 0. The van der Waals surface area contributed by atoms with E-state index in [2.05, 4.69) is 31.8 Å². The SMILES string of the molecule is Cc1c(CN2CCC3(CCC(=O)N(CCc4cnc[nH]4)C3)CC2)cnn1C. The number of hydrogen-bond donors (Lipinski definition) is 1. The van der Waals surface area contributed by atoms with Gasteiger partial charge in [0.25, 0.3) is 0 Å². The number of aromatic amines is 1. The molecular weight excluding hydrogens is 340 g/mol. The van der Waals surface area contributed by atoms with Crippen LogP contribution in [0.5, 0.6) is 0 Å². The molecular formula is C20H30N6O. The van der Waals surface area contributed by atoms with Crippen LogP contribution in [-0.4, -0.2) is 61.6 Å². The monoisotopic (exact) mass is 370 g/mol. The summed E-state index contributed by atoms with van der Waals surface area (Å²) in [5.41, 5.74) is 3.99. The smallest absolute Gasteiger partial charge is 0.222 e. The molecule has 0 unspecified atom stereocenters. The van der Waals surface area contributed by atoms with Crippen molar-refractivity contribution in [3.63, 3.8) is 0 Å². The average molecular weight is 371 g/mol. The van der Waals surface area contributed by atoms with E-state index in [4.69, 9.17) is 0 Å². The second-order valence-electron chi connectivity index (χ2n) is 8.30. The number of likely N-dealkylation sites (tertiary alicyclic amines) is 2. The summed E-state index contributed by atoms with van der Waals surface area (Å²) in [6.45, 7) is 7.05. The lowest BCUT2D eigenvalue weighted by Crippen LogP contribution is -2.51. The number of imidazole rings is 1. The minimum Gasteiger partial charge on any atom is -0.348 e. The molecule has 0 aromatic carbocycles. The van der Waals surface area contributed by atoms with Gasteiger partial charge in [-0.15, -0.1) is 0 Å². The highest BCUT2D eigenvalue weighted by atomic mass is 16.2. The second kappa shape index (κ2) is 7.46. The number of rotatable bonds is 5. The lowest BCUT2D eigenvalue weighted by molar-refractivity contribution is -0.139. The van der Waals surface area contributed by atoms with E-state index in [0.717, 1.165) is 51.3 Å². The lowest BCUT2D eigenvalue weighted by Gasteiger charge is -2.47. The van der Waals surface area contributed by atoms with Gasteiger partial charge in [-0.05, 0) is 44.7 Å². The first-order chi connectivity index (χ1) is 13.0. The number of H-pyrrole nitrogens is 1. The average Bonchev–Trinajstić information content (AvgIpc) is 3.30. The molecule has 0 saturated carbocycles. The van der Waals surface area contributed by atoms with Crippen LogP contribution in [0.4, 0.5) is 0 Å². The van der Waals surface area contributed by atoms with E-state index in [9.17, 15) is 4.79 Å². The van der Waals surface area contributed by atoms with Gasteiger partial charge in [-0.1, -0.05) is 0 Å². The Morgan fingerprint density at radius 1 is 1.22 bits per heavy atom. The Morgan fingerprint density at radius 3 is 2.70 bits per heavy atom. The van der Waals surface area contributed by atoms with E-state index in [1.54, 1.807) is 6.33 Å². The first-order valence-corrected chi connectivity index (χ1v) is 10.00. The van der Waals surface area contributed by atoms with E-state index in [1.807, 2.05) is 24.1 Å². The van der Waals surface area contributed by atoms with E-state index < -0.39 is 0 Å². The number of nitrogens with one attached hydrogen (secondary N) is 1. The fourth-order valence-electron chi connectivity index (χ4n) is 4.52. The van der Waals surface area contributed by atoms with Crippen LogP contribution in [0.3, 0.4) is 0 Å². The maximum absolute atomic E-state index is 12.4. The number of hydrogen-bond acceptors (Lipinski definition) is 4.